The number of hydrogen-bond donors (Lipinski definition) is 0. The first-order valence-electron chi connectivity index (χ1n) is 22.8. The van der Waals surface area contributed by atoms with Gasteiger partial charge in [-0.25, -0.2) is 0 Å². The molecule has 0 aliphatic heterocycles. The molecule has 0 unspecified atom stereocenters. The summed E-state index contributed by atoms with van der Waals surface area (Å²) in [5.41, 5.74) is 19.4. The zero-order valence-electron chi connectivity index (χ0n) is 36.4. The van der Waals surface area contributed by atoms with Crippen molar-refractivity contribution in [2.45, 2.75) is 0 Å². The Labute approximate surface area is 386 Å². The summed E-state index contributed by atoms with van der Waals surface area (Å²) in [4.78, 5) is 0. The third-order valence-electron chi connectivity index (χ3n) is 13.2. The lowest BCUT2D eigenvalue weighted by Crippen LogP contribution is -1.90. The molecule has 66 heavy (non-hydrogen) atoms. The highest BCUT2D eigenvalue weighted by atomic mass is 14.2. The Bertz CT molecular complexity index is 3320. The largest absolute Gasteiger partial charge is 0.0622 e. The van der Waals surface area contributed by atoms with Gasteiger partial charge in [0.25, 0.3) is 0 Å². The standard InChI is InChI=1S/C66H44/c1-5-17-45(18-6-1)53-37-54(46-19-7-2-8-20-46)40-57(39-53)49-29-33-51(34-30-49)63-43-65-62-28-16-14-26-60(62)64(44-66(65)61-27-15-13-25-59(61)63)52-35-31-50(32-36-52)58-41-55(47-21-9-3-10-22-47)38-56(42-58)48-23-11-4-12-24-48/h1-44H. The van der Waals surface area contributed by atoms with E-state index in [1.165, 1.54) is 121 Å². The molecule has 0 aromatic heterocycles. The van der Waals surface area contributed by atoms with Crippen LogP contribution in [-0.4, -0.2) is 0 Å². The molecule has 0 radical (unpaired) electrons. The van der Waals surface area contributed by atoms with Gasteiger partial charge >= 0.3 is 0 Å². The topological polar surface area (TPSA) is 0 Å². The quantitative estimate of drug-likeness (QED) is 0.134. The van der Waals surface area contributed by atoms with Crippen LogP contribution in [0.3, 0.4) is 0 Å². The van der Waals surface area contributed by atoms with Gasteiger partial charge in [0.15, 0.2) is 0 Å². The summed E-state index contributed by atoms with van der Waals surface area (Å²) in [5, 5.41) is 7.54. The molecule has 0 heteroatoms. The molecule has 0 aliphatic carbocycles. The molecule has 12 rings (SSSR count). The molecule has 0 fully saturated rings. The second-order valence-corrected chi connectivity index (χ2v) is 17.3. The fourth-order valence-corrected chi connectivity index (χ4v) is 9.89. The van der Waals surface area contributed by atoms with Crippen LogP contribution in [0.2, 0.25) is 0 Å². The van der Waals surface area contributed by atoms with Crippen molar-refractivity contribution in [2.75, 3.05) is 0 Å². The first-order valence-corrected chi connectivity index (χ1v) is 22.8. The van der Waals surface area contributed by atoms with Crippen molar-refractivity contribution < 1.29 is 0 Å². The summed E-state index contributed by atoms with van der Waals surface area (Å²) in [6, 6.07) is 97.7. The Kier molecular flexibility index (Phi) is 9.97. The van der Waals surface area contributed by atoms with Gasteiger partial charge in [-0.15, -0.1) is 0 Å². The van der Waals surface area contributed by atoms with Gasteiger partial charge in [0.2, 0.25) is 0 Å². The third kappa shape index (κ3) is 7.35. The molecule has 0 amide bonds. The van der Waals surface area contributed by atoms with Gasteiger partial charge in [-0.2, -0.15) is 0 Å². The van der Waals surface area contributed by atoms with E-state index >= 15 is 0 Å². The first kappa shape index (κ1) is 39.0. The fourth-order valence-electron chi connectivity index (χ4n) is 9.89. The molecule has 0 saturated carbocycles. The predicted octanol–water partition coefficient (Wildman–Crippen LogP) is 18.5. The highest BCUT2D eigenvalue weighted by molar-refractivity contribution is 6.24. The van der Waals surface area contributed by atoms with Crippen LogP contribution in [0.4, 0.5) is 0 Å². The summed E-state index contributed by atoms with van der Waals surface area (Å²) in [7, 11) is 0. The van der Waals surface area contributed by atoms with Gasteiger partial charge in [-0.3, -0.25) is 0 Å². The molecule has 0 heterocycles. The van der Waals surface area contributed by atoms with Gasteiger partial charge in [0.1, 0.15) is 0 Å². The molecule has 0 bridgehead atoms. The lowest BCUT2D eigenvalue weighted by atomic mass is 9.87. The SMILES string of the molecule is c1ccc(-c2cc(-c3ccccc3)cc(-c3ccc(-c4cc5c6ccccc6c(-c6ccc(-c7cc(-c8ccccc8)cc(-c8ccccc8)c7)cc6)cc5c5ccccc45)cc3)c2)cc1. The van der Waals surface area contributed by atoms with E-state index < -0.39 is 0 Å². The Balaban J connectivity index is 0.942. The number of rotatable bonds is 8. The number of fused-ring (bicyclic) bond motifs is 5. The second-order valence-electron chi connectivity index (χ2n) is 17.3. The van der Waals surface area contributed by atoms with Crippen molar-refractivity contribution in [2.24, 2.45) is 0 Å². The van der Waals surface area contributed by atoms with Crippen molar-refractivity contribution in [1.82, 2.24) is 0 Å². The summed E-state index contributed by atoms with van der Waals surface area (Å²) >= 11 is 0. The minimum absolute atomic E-state index is 1.19. The van der Waals surface area contributed by atoms with Crippen LogP contribution in [0.1, 0.15) is 0 Å². The third-order valence-corrected chi connectivity index (χ3v) is 13.2. The van der Waals surface area contributed by atoms with E-state index in [2.05, 4.69) is 267 Å². The summed E-state index contributed by atoms with van der Waals surface area (Å²) in [6.45, 7) is 0. The Hall–Kier alpha value is -8.58. The van der Waals surface area contributed by atoms with Crippen molar-refractivity contribution >= 4 is 32.3 Å². The van der Waals surface area contributed by atoms with E-state index in [0.717, 1.165) is 0 Å². The summed E-state index contributed by atoms with van der Waals surface area (Å²) < 4.78 is 0. The van der Waals surface area contributed by atoms with E-state index in [-0.39, 0.29) is 0 Å². The first-order chi connectivity index (χ1) is 32.7. The molecule has 0 nitrogen and oxygen atoms in total. The second kappa shape index (κ2) is 16.8. The maximum Gasteiger partial charge on any atom is -0.00923 e. The van der Waals surface area contributed by atoms with Crippen LogP contribution in [0.15, 0.2) is 267 Å². The van der Waals surface area contributed by atoms with Crippen molar-refractivity contribution in [1.29, 1.82) is 0 Å². The Morgan fingerprint density at radius 1 is 0.121 bits per heavy atom. The smallest absolute Gasteiger partial charge is 0.00923 e. The van der Waals surface area contributed by atoms with Gasteiger partial charge in [0.05, 0.1) is 0 Å². The zero-order chi connectivity index (χ0) is 43.8. The molecule has 0 aliphatic rings. The lowest BCUT2D eigenvalue weighted by molar-refractivity contribution is 1.56. The van der Waals surface area contributed by atoms with Crippen molar-refractivity contribution in [3.8, 4) is 89.0 Å². The van der Waals surface area contributed by atoms with Crippen LogP contribution in [0, 0.1) is 0 Å². The average Bonchev–Trinajstić information content (AvgIpc) is 3.41. The Morgan fingerprint density at radius 3 is 0.606 bits per heavy atom. The molecule has 0 spiro atoms. The van der Waals surface area contributed by atoms with Crippen LogP contribution >= 0.6 is 0 Å². The van der Waals surface area contributed by atoms with Gasteiger partial charge < -0.3 is 0 Å². The summed E-state index contributed by atoms with van der Waals surface area (Å²) in [5.74, 6) is 0. The number of benzene rings is 12. The van der Waals surface area contributed by atoms with Crippen LogP contribution in [0.5, 0.6) is 0 Å². The lowest BCUT2D eigenvalue weighted by Gasteiger charge is -2.17. The maximum atomic E-state index is 2.43. The molecular formula is C66H44. The highest BCUT2D eigenvalue weighted by Crippen LogP contribution is 2.43. The van der Waals surface area contributed by atoms with E-state index in [0.29, 0.717) is 0 Å². The maximum absolute atomic E-state index is 2.43. The van der Waals surface area contributed by atoms with E-state index in [9.17, 15) is 0 Å². The predicted molar refractivity (Wildman–Crippen MR) is 282 cm³/mol. The highest BCUT2D eigenvalue weighted by Gasteiger charge is 2.16. The average molecular weight is 837 g/mol. The van der Waals surface area contributed by atoms with E-state index in [4.69, 9.17) is 0 Å². The molecular weight excluding hydrogens is 793 g/mol. The van der Waals surface area contributed by atoms with Crippen LogP contribution < -0.4 is 0 Å². The molecule has 12 aromatic rings. The molecule has 308 valence electrons. The van der Waals surface area contributed by atoms with Gasteiger partial charge in [-0.1, -0.05) is 218 Å². The van der Waals surface area contributed by atoms with Crippen molar-refractivity contribution in [3.05, 3.63) is 267 Å². The molecule has 12 aromatic carbocycles. The molecule has 0 atom stereocenters. The molecule has 0 saturated heterocycles. The van der Waals surface area contributed by atoms with E-state index in [1.807, 2.05) is 0 Å². The normalized spacial score (nSPS) is 11.3. The van der Waals surface area contributed by atoms with E-state index in [1.54, 1.807) is 0 Å². The minimum atomic E-state index is 1.19. The van der Waals surface area contributed by atoms with Gasteiger partial charge in [0, 0.05) is 0 Å². The van der Waals surface area contributed by atoms with Crippen molar-refractivity contribution in [3.63, 3.8) is 0 Å². The monoisotopic (exact) mass is 836 g/mol. The van der Waals surface area contributed by atoms with Crippen LogP contribution in [0.25, 0.3) is 121 Å². The van der Waals surface area contributed by atoms with Crippen LogP contribution in [-0.2, 0) is 0 Å². The summed E-state index contributed by atoms with van der Waals surface area (Å²) in [6.07, 6.45) is 0. The molecule has 0 N–H and O–H groups in total. The Morgan fingerprint density at radius 2 is 0.333 bits per heavy atom. The van der Waals surface area contributed by atoms with Gasteiger partial charge in [-0.05, 0) is 170 Å². The minimum Gasteiger partial charge on any atom is -0.0622 e. The number of hydrogen-bond acceptors (Lipinski definition) is 0. The zero-order valence-corrected chi connectivity index (χ0v) is 36.4. The fraction of sp³-hybridized carbons (Fsp3) is 0.